The van der Waals surface area contributed by atoms with Crippen molar-refractivity contribution in [1.82, 2.24) is 9.97 Å². The predicted octanol–water partition coefficient (Wildman–Crippen LogP) is 2.14. The summed E-state index contributed by atoms with van der Waals surface area (Å²) in [5.74, 6) is 1.92. The van der Waals surface area contributed by atoms with Crippen LogP contribution in [0.1, 0.15) is 26.7 Å². The Balaban J connectivity index is 2.08. The Labute approximate surface area is 97.1 Å². The number of piperidine rings is 1. The van der Waals surface area contributed by atoms with Crippen LogP contribution in [-0.4, -0.2) is 30.1 Å². The third-order valence-electron chi connectivity index (χ3n) is 3.35. The van der Waals surface area contributed by atoms with E-state index in [-0.39, 0.29) is 0 Å². The van der Waals surface area contributed by atoms with Gasteiger partial charge in [-0.1, -0.05) is 13.8 Å². The largest absolute Gasteiger partial charge is 0.373 e. The molecule has 4 heteroatoms. The van der Waals surface area contributed by atoms with Gasteiger partial charge in [0.25, 0.3) is 0 Å². The number of aromatic nitrogens is 2. The minimum atomic E-state index is 0.482. The quantitative estimate of drug-likeness (QED) is 0.829. The van der Waals surface area contributed by atoms with Crippen LogP contribution in [0, 0.1) is 5.41 Å². The first-order valence-corrected chi connectivity index (χ1v) is 5.85. The van der Waals surface area contributed by atoms with Gasteiger partial charge in [-0.05, 0) is 18.3 Å². The van der Waals surface area contributed by atoms with E-state index in [0.717, 1.165) is 24.7 Å². The Bertz CT molecular complexity index is 352. The lowest BCUT2D eigenvalue weighted by molar-refractivity contribution is 0.279. The minimum Gasteiger partial charge on any atom is -0.373 e. The van der Waals surface area contributed by atoms with Crippen molar-refractivity contribution in [2.45, 2.75) is 26.7 Å². The minimum absolute atomic E-state index is 0.482. The Morgan fingerprint density at radius 1 is 1.25 bits per heavy atom. The Morgan fingerprint density at radius 2 is 1.94 bits per heavy atom. The molecule has 1 fully saturated rings. The highest BCUT2D eigenvalue weighted by atomic mass is 15.2. The molecule has 0 spiro atoms. The fourth-order valence-corrected chi connectivity index (χ4v) is 2.00. The average molecular weight is 220 g/mol. The standard InChI is InChI=1S/C12H20N4/c1-12(2)4-6-16(7-5-12)11-8-10(13-3)14-9-15-11/h8-9H,4-7H2,1-3H3,(H,13,14,15). The molecule has 4 nitrogen and oxygen atoms in total. The van der Waals surface area contributed by atoms with Gasteiger partial charge in [-0.3, -0.25) is 0 Å². The number of hydrogen-bond acceptors (Lipinski definition) is 4. The molecule has 0 amide bonds. The van der Waals surface area contributed by atoms with E-state index in [9.17, 15) is 0 Å². The summed E-state index contributed by atoms with van der Waals surface area (Å²) in [6, 6.07) is 2.01. The summed E-state index contributed by atoms with van der Waals surface area (Å²) in [5, 5.41) is 3.04. The summed E-state index contributed by atoms with van der Waals surface area (Å²) in [5.41, 5.74) is 0.482. The second kappa shape index (κ2) is 4.28. The molecule has 2 rings (SSSR count). The van der Waals surface area contributed by atoms with Gasteiger partial charge in [0.1, 0.15) is 18.0 Å². The van der Waals surface area contributed by atoms with Crippen LogP contribution in [0.2, 0.25) is 0 Å². The van der Waals surface area contributed by atoms with E-state index in [1.165, 1.54) is 12.8 Å². The lowest BCUT2D eigenvalue weighted by atomic mass is 9.83. The van der Waals surface area contributed by atoms with E-state index >= 15 is 0 Å². The van der Waals surface area contributed by atoms with E-state index < -0.39 is 0 Å². The third kappa shape index (κ3) is 2.43. The Hall–Kier alpha value is -1.32. The molecule has 0 aromatic carbocycles. The predicted molar refractivity (Wildman–Crippen MR) is 66.8 cm³/mol. The first kappa shape index (κ1) is 11.2. The summed E-state index contributed by atoms with van der Waals surface area (Å²) in [6.45, 7) is 6.85. The van der Waals surface area contributed by atoms with Gasteiger partial charge in [0.2, 0.25) is 0 Å². The highest BCUT2D eigenvalue weighted by molar-refractivity contribution is 5.48. The van der Waals surface area contributed by atoms with Crippen molar-refractivity contribution < 1.29 is 0 Å². The van der Waals surface area contributed by atoms with E-state index in [0.29, 0.717) is 5.41 Å². The zero-order chi connectivity index (χ0) is 11.6. The van der Waals surface area contributed by atoms with Gasteiger partial charge < -0.3 is 10.2 Å². The monoisotopic (exact) mass is 220 g/mol. The molecule has 0 unspecified atom stereocenters. The second-order valence-electron chi connectivity index (χ2n) is 5.16. The smallest absolute Gasteiger partial charge is 0.134 e. The summed E-state index contributed by atoms with van der Waals surface area (Å²) < 4.78 is 0. The van der Waals surface area contributed by atoms with Gasteiger partial charge in [0.05, 0.1) is 0 Å². The fraction of sp³-hybridized carbons (Fsp3) is 0.667. The molecule has 0 bridgehead atoms. The number of nitrogens with one attached hydrogen (secondary N) is 1. The van der Waals surface area contributed by atoms with E-state index in [1.54, 1.807) is 6.33 Å². The van der Waals surface area contributed by atoms with Crippen molar-refractivity contribution in [3.63, 3.8) is 0 Å². The number of hydrogen-bond donors (Lipinski definition) is 1. The topological polar surface area (TPSA) is 41.0 Å². The van der Waals surface area contributed by atoms with Crippen LogP contribution in [-0.2, 0) is 0 Å². The molecule has 1 aliphatic heterocycles. The summed E-state index contributed by atoms with van der Waals surface area (Å²) in [7, 11) is 1.88. The number of anilines is 2. The van der Waals surface area contributed by atoms with Gasteiger partial charge >= 0.3 is 0 Å². The lowest BCUT2D eigenvalue weighted by Gasteiger charge is -2.37. The van der Waals surface area contributed by atoms with Crippen molar-refractivity contribution in [3.8, 4) is 0 Å². The Kier molecular flexibility index (Phi) is 2.99. The molecule has 0 aliphatic carbocycles. The lowest BCUT2D eigenvalue weighted by Crippen LogP contribution is -2.37. The molecular weight excluding hydrogens is 200 g/mol. The first-order chi connectivity index (χ1) is 7.61. The molecule has 1 aromatic heterocycles. The maximum Gasteiger partial charge on any atom is 0.134 e. The summed E-state index contributed by atoms with van der Waals surface area (Å²) in [6.07, 6.45) is 4.08. The molecule has 1 saturated heterocycles. The van der Waals surface area contributed by atoms with E-state index in [1.807, 2.05) is 13.1 Å². The maximum absolute atomic E-state index is 4.33. The summed E-state index contributed by atoms with van der Waals surface area (Å²) in [4.78, 5) is 10.8. The molecule has 0 radical (unpaired) electrons. The van der Waals surface area contributed by atoms with Crippen LogP contribution < -0.4 is 10.2 Å². The molecule has 1 aliphatic rings. The molecule has 88 valence electrons. The van der Waals surface area contributed by atoms with Gasteiger partial charge in [0, 0.05) is 26.2 Å². The molecule has 1 N–H and O–H groups in total. The molecule has 0 saturated carbocycles. The van der Waals surface area contributed by atoms with Crippen LogP contribution >= 0.6 is 0 Å². The maximum atomic E-state index is 4.33. The molecule has 1 aromatic rings. The highest BCUT2D eigenvalue weighted by Crippen LogP contribution is 2.31. The average Bonchev–Trinajstić information content (AvgIpc) is 2.29. The number of nitrogens with zero attached hydrogens (tertiary/aromatic N) is 3. The van der Waals surface area contributed by atoms with Gasteiger partial charge in [-0.25, -0.2) is 9.97 Å². The van der Waals surface area contributed by atoms with Gasteiger partial charge in [0.15, 0.2) is 0 Å². The van der Waals surface area contributed by atoms with Crippen molar-refractivity contribution in [1.29, 1.82) is 0 Å². The zero-order valence-electron chi connectivity index (χ0n) is 10.3. The van der Waals surface area contributed by atoms with Crippen LogP contribution in [0.15, 0.2) is 12.4 Å². The van der Waals surface area contributed by atoms with Gasteiger partial charge in [-0.2, -0.15) is 0 Å². The van der Waals surface area contributed by atoms with E-state index in [2.05, 4.69) is 34.0 Å². The zero-order valence-corrected chi connectivity index (χ0v) is 10.3. The highest BCUT2D eigenvalue weighted by Gasteiger charge is 2.25. The first-order valence-electron chi connectivity index (χ1n) is 5.85. The normalized spacial score (nSPS) is 19.6. The molecule has 16 heavy (non-hydrogen) atoms. The van der Waals surface area contributed by atoms with Crippen molar-refractivity contribution in [2.75, 3.05) is 30.4 Å². The van der Waals surface area contributed by atoms with Gasteiger partial charge in [-0.15, -0.1) is 0 Å². The van der Waals surface area contributed by atoms with Crippen LogP contribution in [0.5, 0.6) is 0 Å². The fourth-order valence-electron chi connectivity index (χ4n) is 2.00. The van der Waals surface area contributed by atoms with Crippen LogP contribution in [0.3, 0.4) is 0 Å². The van der Waals surface area contributed by atoms with Crippen LogP contribution in [0.4, 0.5) is 11.6 Å². The summed E-state index contributed by atoms with van der Waals surface area (Å²) >= 11 is 0. The molecule has 2 heterocycles. The Morgan fingerprint density at radius 3 is 2.56 bits per heavy atom. The third-order valence-corrected chi connectivity index (χ3v) is 3.35. The molecular formula is C12H20N4. The SMILES string of the molecule is CNc1cc(N2CCC(C)(C)CC2)ncn1. The van der Waals surface area contributed by atoms with E-state index in [4.69, 9.17) is 0 Å². The molecule has 0 atom stereocenters. The second-order valence-corrected chi connectivity index (χ2v) is 5.16. The van der Waals surface area contributed by atoms with Crippen molar-refractivity contribution in [3.05, 3.63) is 12.4 Å². The van der Waals surface area contributed by atoms with Crippen molar-refractivity contribution in [2.24, 2.45) is 5.41 Å². The van der Waals surface area contributed by atoms with Crippen LogP contribution in [0.25, 0.3) is 0 Å². The van der Waals surface area contributed by atoms with Crippen molar-refractivity contribution >= 4 is 11.6 Å². The number of rotatable bonds is 2.